The van der Waals surface area contributed by atoms with Gasteiger partial charge in [0.2, 0.25) is 0 Å². The van der Waals surface area contributed by atoms with Gasteiger partial charge in [-0.2, -0.15) is 0 Å². The lowest BCUT2D eigenvalue weighted by Gasteiger charge is -2.08. The number of unbranched alkanes of at least 4 members (excludes halogenated alkanes) is 1. The van der Waals surface area contributed by atoms with Gasteiger partial charge < -0.3 is 0 Å². The molecule has 0 radical (unpaired) electrons. The molecule has 0 aliphatic carbocycles. The highest BCUT2D eigenvalue weighted by molar-refractivity contribution is 8.08. The largest absolute Gasteiger partial charge is 0.117 e. The molecule has 0 bridgehead atoms. The summed E-state index contributed by atoms with van der Waals surface area (Å²) in [5.41, 5.74) is 1.31. The molecular formula is C10H13Cl2P. The molecular weight excluding hydrogens is 222 g/mol. The number of hydrogen-bond donors (Lipinski definition) is 0. The topological polar surface area (TPSA) is 0 Å². The Hall–Kier alpha value is 0.230. The molecule has 13 heavy (non-hydrogen) atoms. The fourth-order valence-corrected chi connectivity index (χ4v) is 2.85. The molecule has 3 heteroatoms. The van der Waals surface area contributed by atoms with Crippen molar-refractivity contribution in [2.75, 3.05) is 0 Å². The van der Waals surface area contributed by atoms with Gasteiger partial charge in [0, 0.05) is 5.30 Å². The number of hydrogen-bond acceptors (Lipinski definition) is 0. The van der Waals surface area contributed by atoms with Crippen molar-refractivity contribution >= 4 is 34.4 Å². The van der Waals surface area contributed by atoms with Crippen LogP contribution in [0.5, 0.6) is 0 Å². The summed E-state index contributed by atoms with van der Waals surface area (Å²) in [5, 5.41) is 1.12. The van der Waals surface area contributed by atoms with E-state index < -0.39 is 6.63 Å². The molecule has 0 amide bonds. The van der Waals surface area contributed by atoms with Crippen LogP contribution in [0.1, 0.15) is 25.3 Å². The van der Waals surface area contributed by atoms with Crippen LogP contribution in [0.25, 0.3) is 0 Å². The zero-order chi connectivity index (χ0) is 9.68. The second-order valence-electron chi connectivity index (χ2n) is 2.97. The molecule has 0 aromatic heterocycles. The van der Waals surface area contributed by atoms with E-state index in [9.17, 15) is 0 Å². The van der Waals surface area contributed by atoms with E-state index in [1.807, 2.05) is 18.2 Å². The molecule has 0 aliphatic rings. The summed E-state index contributed by atoms with van der Waals surface area (Å²) in [6, 6.07) is 8.17. The van der Waals surface area contributed by atoms with Crippen LogP contribution >= 0.6 is 29.1 Å². The first-order valence-corrected chi connectivity index (χ1v) is 7.60. The average Bonchev–Trinajstić information content (AvgIpc) is 2.15. The van der Waals surface area contributed by atoms with Gasteiger partial charge in [0.1, 0.15) is 6.63 Å². The highest BCUT2D eigenvalue weighted by Gasteiger charge is 2.08. The van der Waals surface area contributed by atoms with Crippen molar-refractivity contribution in [2.24, 2.45) is 0 Å². The molecule has 0 saturated heterocycles. The van der Waals surface area contributed by atoms with Crippen molar-refractivity contribution in [1.82, 2.24) is 0 Å². The first-order chi connectivity index (χ1) is 6.25. The molecule has 0 spiro atoms. The summed E-state index contributed by atoms with van der Waals surface area (Å²) in [4.78, 5) is 0. The van der Waals surface area contributed by atoms with E-state index in [2.05, 4.69) is 13.0 Å². The predicted octanol–water partition coefficient (Wildman–Crippen LogP) is 4.44. The van der Waals surface area contributed by atoms with E-state index in [1.54, 1.807) is 0 Å². The van der Waals surface area contributed by atoms with Crippen molar-refractivity contribution in [3.63, 3.8) is 0 Å². The lowest BCUT2D eigenvalue weighted by atomic mass is 10.1. The van der Waals surface area contributed by atoms with Crippen molar-refractivity contribution in [3.05, 3.63) is 29.8 Å². The molecule has 0 saturated carbocycles. The van der Waals surface area contributed by atoms with Crippen molar-refractivity contribution < 1.29 is 0 Å². The van der Waals surface area contributed by atoms with Crippen molar-refractivity contribution in [1.29, 1.82) is 0 Å². The lowest BCUT2D eigenvalue weighted by molar-refractivity contribution is 0.798. The molecule has 1 aromatic carbocycles. The van der Waals surface area contributed by atoms with Crippen LogP contribution in [0.4, 0.5) is 0 Å². The van der Waals surface area contributed by atoms with Crippen molar-refractivity contribution in [3.8, 4) is 0 Å². The summed E-state index contributed by atoms with van der Waals surface area (Å²) in [6.45, 7) is 1.20. The molecule has 0 fully saturated rings. The minimum absolute atomic E-state index is 0.988. The van der Waals surface area contributed by atoms with Gasteiger partial charge >= 0.3 is 0 Å². The lowest BCUT2D eigenvalue weighted by Crippen LogP contribution is -2.03. The minimum atomic E-state index is -0.988. The third-order valence-corrected chi connectivity index (χ3v) is 3.87. The fourth-order valence-electron chi connectivity index (χ4n) is 1.25. The Morgan fingerprint density at radius 3 is 2.54 bits per heavy atom. The molecule has 0 unspecified atom stereocenters. The second-order valence-corrected chi connectivity index (χ2v) is 6.46. The summed E-state index contributed by atoms with van der Waals surface area (Å²) >= 11 is 11.8. The van der Waals surface area contributed by atoms with Crippen LogP contribution in [0, 0.1) is 0 Å². The number of halogens is 2. The smallest absolute Gasteiger partial charge is 0.0727 e. The van der Waals surface area contributed by atoms with Crippen LogP contribution in [-0.2, 0) is 6.42 Å². The van der Waals surface area contributed by atoms with Gasteiger partial charge in [0.05, 0.1) is 0 Å². The molecule has 0 heterocycles. The maximum Gasteiger partial charge on any atom is 0.117 e. The first kappa shape index (κ1) is 11.3. The Balaban J connectivity index is 2.78. The Morgan fingerprint density at radius 2 is 1.92 bits per heavy atom. The molecule has 72 valence electrons. The Kier molecular flexibility index (Phi) is 5.09. The third kappa shape index (κ3) is 3.46. The maximum absolute atomic E-state index is 5.92. The zero-order valence-electron chi connectivity index (χ0n) is 7.63. The monoisotopic (exact) mass is 234 g/mol. The van der Waals surface area contributed by atoms with E-state index in [-0.39, 0.29) is 0 Å². The number of benzene rings is 1. The first-order valence-electron chi connectivity index (χ1n) is 4.45. The van der Waals surface area contributed by atoms with Gasteiger partial charge in [-0.05, 0) is 18.4 Å². The maximum atomic E-state index is 5.92. The summed E-state index contributed by atoms with van der Waals surface area (Å²) in [5.74, 6) is 0. The fraction of sp³-hybridized carbons (Fsp3) is 0.400. The molecule has 0 aliphatic heterocycles. The van der Waals surface area contributed by atoms with E-state index in [1.165, 1.54) is 18.4 Å². The summed E-state index contributed by atoms with van der Waals surface area (Å²) in [7, 11) is 0. The van der Waals surface area contributed by atoms with Gasteiger partial charge in [0.25, 0.3) is 0 Å². The Labute approximate surface area is 90.6 Å². The van der Waals surface area contributed by atoms with Gasteiger partial charge in [-0.25, -0.2) is 0 Å². The molecule has 0 N–H and O–H groups in total. The van der Waals surface area contributed by atoms with E-state index in [4.69, 9.17) is 22.5 Å². The Bertz CT molecular complexity index is 261. The van der Waals surface area contributed by atoms with Gasteiger partial charge in [-0.1, -0.05) is 60.1 Å². The molecule has 1 rings (SSSR count). The third-order valence-electron chi connectivity index (χ3n) is 1.97. The van der Waals surface area contributed by atoms with Crippen LogP contribution in [-0.4, -0.2) is 0 Å². The highest BCUT2D eigenvalue weighted by Crippen LogP contribution is 2.46. The van der Waals surface area contributed by atoms with Gasteiger partial charge in [-0.15, -0.1) is 0 Å². The van der Waals surface area contributed by atoms with Crippen LogP contribution < -0.4 is 5.30 Å². The predicted molar refractivity (Wildman–Crippen MR) is 63.3 cm³/mol. The quantitative estimate of drug-likeness (QED) is 0.676. The SMILES string of the molecule is CCCCc1ccccc1P(Cl)Cl. The Morgan fingerprint density at radius 1 is 1.23 bits per heavy atom. The second kappa shape index (κ2) is 5.86. The van der Waals surface area contributed by atoms with Crippen LogP contribution in [0.2, 0.25) is 0 Å². The summed E-state index contributed by atoms with van der Waals surface area (Å²) < 4.78 is 0. The standard InChI is InChI=1S/C10H13Cl2P/c1-2-3-6-9-7-4-5-8-10(9)13(11)12/h4-5,7-8H,2-3,6H2,1H3. The van der Waals surface area contributed by atoms with E-state index in [0.717, 1.165) is 11.7 Å². The highest BCUT2D eigenvalue weighted by atomic mass is 35.9. The zero-order valence-corrected chi connectivity index (χ0v) is 10.0. The molecule has 1 aromatic rings. The number of rotatable bonds is 4. The van der Waals surface area contributed by atoms with Gasteiger partial charge in [0.15, 0.2) is 0 Å². The molecule has 0 nitrogen and oxygen atoms in total. The average molecular weight is 235 g/mol. The van der Waals surface area contributed by atoms with E-state index in [0.29, 0.717) is 0 Å². The van der Waals surface area contributed by atoms with Crippen LogP contribution in [0.3, 0.4) is 0 Å². The normalized spacial score (nSPS) is 10.8. The van der Waals surface area contributed by atoms with E-state index >= 15 is 0 Å². The number of aryl methyl sites for hydroxylation is 1. The minimum Gasteiger partial charge on any atom is -0.0727 e. The molecule has 0 atom stereocenters. The van der Waals surface area contributed by atoms with Crippen LogP contribution in [0.15, 0.2) is 24.3 Å². The summed E-state index contributed by atoms with van der Waals surface area (Å²) in [6.07, 6.45) is 3.50. The van der Waals surface area contributed by atoms with Gasteiger partial charge in [-0.3, -0.25) is 0 Å². The van der Waals surface area contributed by atoms with Crippen molar-refractivity contribution in [2.45, 2.75) is 26.2 Å².